The fraction of sp³-hybridized carbons (Fsp3) is 0.400. The lowest BCUT2D eigenvalue weighted by Crippen LogP contribution is -2.47. The van der Waals surface area contributed by atoms with Crippen LogP contribution in [0.3, 0.4) is 0 Å². The number of nitro benzene ring substituents is 1. The smallest absolute Gasteiger partial charge is 0.329 e. The van der Waals surface area contributed by atoms with E-state index in [4.69, 9.17) is 0 Å². The first-order valence-electron chi connectivity index (χ1n) is 10.1. The van der Waals surface area contributed by atoms with Crippen molar-refractivity contribution in [3.8, 4) is 5.69 Å². The maximum Gasteiger partial charge on any atom is 0.406 e. The van der Waals surface area contributed by atoms with E-state index >= 15 is 0 Å². The summed E-state index contributed by atoms with van der Waals surface area (Å²) >= 11 is 0. The summed E-state index contributed by atoms with van der Waals surface area (Å²) in [6, 6.07) is 5.16. The van der Waals surface area contributed by atoms with Crippen LogP contribution in [0.1, 0.15) is 19.8 Å². The number of alkyl halides is 3. The number of hydrogen-bond donors (Lipinski definition) is 0. The highest BCUT2D eigenvalue weighted by Gasteiger charge is 2.40. The summed E-state index contributed by atoms with van der Waals surface area (Å²) in [7, 11) is 0. The van der Waals surface area contributed by atoms with E-state index in [1.165, 1.54) is 18.2 Å². The Morgan fingerprint density at radius 1 is 1.33 bits per heavy atom. The highest BCUT2D eigenvalue weighted by molar-refractivity contribution is 5.78. The second-order valence-electron chi connectivity index (χ2n) is 7.93. The van der Waals surface area contributed by atoms with Gasteiger partial charge in [0, 0.05) is 12.1 Å². The molecule has 1 aliphatic carbocycles. The van der Waals surface area contributed by atoms with Crippen LogP contribution in [0.4, 0.5) is 18.9 Å². The van der Waals surface area contributed by atoms with Gasteiger partial charge < -0.3 is 4.90 Å². The third kappa shape index (κ3) is 4.56. The van der Waals surface area contributed by atoms with Gasteiger partial charge in [0.1, 0.15) is 30.5 Å². The normalized spacial score (nSPS) is 14.9. The Hall–Kier alpha value is -3.77. The van der Waals surface area contributed by atoms with Crippen LogP contribution in [0, 0.1) is 16.0 Å². The Morgan fingerprint density at radius 2 is 2.03 bits per heavy atom. The van der Waals surface area contributed by atoms with Crippen LogP contribution in [0.5, 0.6) is 0 Å². The predicted octanol–water partition coefficient (Wildman–Crippen LogP) is 2.68. The lowest BCUT2D eigenvalue weighted by molar-refractivity contribution is -0.384. The van der Waals surface area contributed by atoms with Crippen LogP contribution in [-0.4, -0.2) is 53.8 Å². The Morgan fingerprint density at radius 3 is 2.67 bits per heavy atom. The van der Waals surface area contributed by atoms with Crippen LogP contribution < -0.4 is 5.56 Å². The van der Waals surface area contributed by atoms with E-state index in [0.29, 0.717) is 0 Å². The summed E-state index contributed by atoms with van der Waals surface area (Å²) in [5.74, 6) is -0.838. The van der Waals surface area contributed by atoms with Crippen LogP contribution in [0.25, 0.3) is 16.7 Å². The molecule has 0 aliphatic heterocycles. The molecule has 1 saturated carbocycles. The van der Waals surface area contributed by atoms with E-state index in [2.05, 4.69) is 10.1 Å². The molecule has 4 rings (SSSR count). The molecule has 0 radical (unpaired) electrons. The molecular formula is C20H19F3N6O4. The summed E-state index contributed by atoms with van der Waals surface area (Å²) in [6.07, 6.45) is -0.884. The zero-order valence-electron chi connectivity index (χ0n) is 17.4. The number of nitrogens with zero attached hydrogens (tertiary/aromatic N) is 6. The zero-order chi connectivity index (χ0) is 23.9. The molecular weight excluding hydrogens is 445 g/mol. The number of benzene rings is 1. The summed E-state index contributed by atoms with van der Waals surface area (Å²) < 4.78 is 41.2. The molecule has 10 nitrogen and oxygen atoms in total. The Kier molecular flexibility index (Phi) is 5.64. The largest absolute Gasteiger partial charge is 0.406 e. The van der Waals surface area contributed by atoms with Gasteiger partial charge in [-0.05, 0) is 31.7 Å². The number of carbonyl (C=O) groups is 1. The Bertz CT molecular complexity index is 1280. The van der Waals surface area contributed by atoms with E-state index in [1.807, 2.05) is 0 Å². The number of aromatic nitrogens is 4. The molecule has 3 aromatic rings. The van der Waals surface area contributed by atoms with Gasteiger partial charge in [-0.1, -0.05) is 12.1 Å². The van der Waals surface area contributed by atoms with Gasteiger partial charge in [0.25, 0.3) is 11.2 Å². The first-order chi connectivity index (χ1) is 15.6. The molecule has 0 spiro atoms. The number of carbonyl (C=O) groups excluding carboxylic acids is 1. The molecule has 2 heterocycles. The fourth-order valence-corrected chi connectivity index (χ4v) is 3.76. The lowest BCUT2D eigenvalue weighted by Gasteiger charge is -2.30. The minimum atomic E-state index is -4.57. The van der Waals surface area contributed by atoms with Crippen LogP contribution in [0.15, 0.2) is 41.6 Å². The zero-order valence-corrected chi connectivity index (χ0v) is 17.4. The summed E-state index contributed by atoms with van der Waals surface area (Å²) in [6.45, 7) is -0.447. The van der Waals surface area contributed by atoms with Crippen molar-refractivity contribution in [2.75, 3.05) is 6.54 Å². The third-order valence-corrected chi connectivity index (χ3v) is 5.63. The minimum Gasteiger partial charge on any atom is -0.329 e. The Labute approximate surface area is 184 Å². The molecule has 1 amide bonds. The number of fused-ring (bicyclic) bond motifs is 1. The predicted molar refractivity (Wildman–Crippen MR) is 110 cm³/mol. The van der Waals surface area contributed by atoms with Crippen molar-refractivity contribution in [3.05, 3.63) is 57.3 Å². The standard InChI is InChI=1S/C20H19F3N6O4/c1-12(13-6-7-13)27(10-20(21,22)23)17(30)9-26-11-24-18-14(19(26)31)8-25-28(18)15-4-2-3-5-16(15)29(32)33/h2-5,8,11-13H,6-7,9-10H2,1H3. The fourth-order valence-electron chi connectivity index (χ4n) is 3.76. The first kappa shape index (κ1) is 22.4. The van der Waals surface area contributed by atoms with Gasteiger partial charge in [-0.3, -0.25) is 24.3 Å². The number of halogens is 3. The van der Waals surface area contributed by atoms with Crippen molar-refractivity contribution in [3.63, 3.8) is 0 Å². The molecule has 33 heavy (non-hydrogen) atoms. The number of para-hydroxylation sites is 2. The molecule has 13 heteroatoms. The van der Waals surface area contributed by atoms with E-state index in [-0.39, 0.29) is 28.3 Å². The van der Waals surface area contributed by atoms with Crippen molar-refractivity contribution in [1.29, 1.82) is 0 Å². The average molecular weight is 464 g/mol. The van der Waals surface area contributed by atoms with Gasteiger partial charge in [0.2, 0.25) is 5.91 Å². The monoisotopic (exact) mass is 464 g/mol. The molecule has 174 valence electrons. The molecule has 1 atom stereocenters. The van der Waals surface area contributed by atoms with E-state index in [1.54, 1.807) is 13.0 Å². The van der Waals surface area contributed by atoms with Gasteiger partial charge in [-0.15, -0.1) is 0 Å². The maximum atomic E-state index is 13.1. The Balaban J connectivity index is 1.66. The van der Waals surface area contributed by atoms with Crippen LogP contribution in [0.2, 0.25) is 0 Å². The van der Waals surface area contributed by atoms with Gasteiger partial charge in [0.05, 0.1) is 11.1 Å². The SMILES string of the molecule is CC(C1CC1)N(CC(F)(F)F)C(=O)Cn1cnc2c(cnn2-c2ccccc2[N+](=O)[O-])c1=O. The van der Waals surface area contributed by atoms with Crippen LogP contribution in [-0.2, 0) is 11.3 Å². The summed E-state index contributed by atoms with van der Waals surface area (Å²) in [5.41, 5.74) is -0.825. The van der Waals surface area contributed by atoms with Gasteiger partial charge in [-0.2, -0.15) is 18.3 Å². The first-order valence-corrected chi connectivity index (χ1v) is 10.1. The van der Waals surface area contributed by atoms with E-state index < -0.39 is 41.7 Å². The molecule has 1 aliphatic rings. The number of amides is 1. The van der Waals surface area contributed by atoms with E-state index in [9.17, 15) is 32.9 Å². The second kappa shape index (κ2) is 8.30. The minimum absolute atomic E-state index is 0.00789. The molecule has 0 N–H and O–H groups in total. The van der Waals surface area contributed by atoms with Crippen molar-refractivity contribution >= 4 is 22.6 Å². The van der Waals surface area contributed by atoms with Crippen molar-refractivity contribution in [2.45, 2.75) is 38.5 Å². The topological polar surface area (TPSA) is 116 Å². The van der Waals surface area contributed by atoms with Crippen molar-refractivity contribution in [1.82, 2.24) is 24.2 Å². The summed E-state index contributed by atoms with van der Waals surface area (Å²) in [4.78, 5) is 41.2. The highest BCUT2D eigenvalue weighted by Crippen LogP contribution is 2.36. The molecule has 0 bridgehead atoms. The average Bonchev–Trinajstić information content (AvgIpc) is 3.52. The highest BCUT2D eigenvalue weighted by atomic mass is 19.4. The molecule has 1 fully saturated rings. The summed E-state index contributed by atoms with van der Waals surface area (Å²) in [5, 5.41) is 15.3. The number of nitro groups is 1. The van der Waals surface area contributed by atoms with Crippen molar-refractivity contribution < 1.29 is 22.9 Å². The lowest BCUT2D eigenvalue weighted by atomic mass is 10.1. The molecule has 1 aromatic carbocycles. The molecule has 1 unspecified atom stereocenters. The molecule has 0 saturated heterocycles. The van der Waals surface area contributed by atoms with Gasteiger partial charge in [-0.25, -0.2) is 9.67 Å². The number of hydrogen-bond acceptors (Lipinski definition) is 6. The third-order valence-electron chi connectivity index (χ3n) is 5.63. The van der Waals surface area contributed by atoms with Crippen LogP contribution >= 0.6 is 0 Å². The number of rotatable bonds is 7. The van der Waals surface area contributed by atoms with Crippen molar-refractivity contribution in [2.24, 2.45) is 5.92 Å². The van der Waals surface area contributed by atoms with Gasteiger partial charge in [0.15, 0.2) is 5.65 Å². The quantitative estimate of drug-likeness (QED) is 0.392. The molecule has 2 aromatic heterocycles. The van der Waals surface area contributed by atoms with E-state index in [0.717, 1.165) is 39.5 Å². The maximum absolute atomic E-state index is 13.1. The van der Waals surface area contributed by atoms with Gasteiger partial charge >= 0.3 is 6.18 Å². The second-order valence-corrected chi connectivity index (χ2v) is 7.93.